The number of carboxylic acid groups (broad SMARTS) is 1. The van der Waals surface area contributed by atoms with Crippen LogP contribution in [-0.4, -0.2) is 22.6 Å². The summed E-state index contributed by atoms with van der Waals surface area (Å²) < 4.78 is 5.28. The summed E-state index contributed by atoms with van der Waals surface area (Å²) in [6.45, 7) is 1.44. The molecule has 0 aliphatic heterocycles. The van der Waals surface area contributed by atoms with Gasteiger partial charge in [0.05, 0.1) is 5.88 Å². The summed E-state index contributed by atoms with van der Waals surface area (Å²) >= 11 is 5.55. The highest BCUT2D eigenvalue weighted by molar-refractivity contribution is 6.20. The van der Waals surface area contributed by atoms with E-state index >= 15 is 0 Å². The predicted octanol–water partition coefficient (Wildman–Crippen LogP) is 2.15. The van der Waals surface area contributed by atoms with Crippen molar-refractivity contribution in [2.24, 2.45) is 0 Å². The minimum absolute atomic E-state index is 0.1000. The van der Waals surface area contributed by atoms with E-state index in [1.165, 1.54) is 6.92 Å². The van der Waals surface area contributed by atoms with Gasteiger partial charge in [0.2, 0.25) is 5.60 Å². The molecule has 0 unspecified atom stereocenters. The molecule has 0 saturated carbocycles. The molecule has 0 aliphatic carbocycles. The zero-order chi connectivity index (χ0) is 10.6. The number of benzene rings is 1. The van der Waals surface area contributed by atoms with Crippen LogP contribution in [0.25, 0.3) is 0 Å². The average Bonchev–Trinajstić information content (AvgIpc) is 2.19. The van der Waals surface area contributed by atoms with E-state index < -0.39 is 11.6 Å². The number of carbonyl (C=O) groups is 1. The van der Waals surface area contributed by atoms with E-state index in [0.717, 1.165) is 0 Å². The fourth-order valence-corrected chi connectivity index (χ4v) is 1.05. The van der Waals surface area contributed by atoms with Gasteiger partial charge >= 0.3 is 5.97 Å². The summed E-state index contributed by atoms with van der Waals surface area (Å²) in [6.07, 6.45) is 0. The lowest BCUT2D eigenvalue weighted by atomic mass is 10.1. The molecule has 0 bridgehead atoms. The van der Waals surface area contributed by atoms with Crippen molar-refractivity contribution in [3.05, 3.63) is 30.3 Å². The molecular formula is C10H11ClO3. The standard InChI is InChI=1S/C10H11ClO3/c1-10(7-11,9(12)13)14-8-5-3-2-4-6-8/h2-6H,7H2,1H3,(H,12,13)/t10-/m0/s1. The van der Waals surface area contributed by atoms with Gasteiger partial charge in [0.25, 0.3) is 0 Å². The molecule has 3 nitrogen and oxygen atoms in total. The highest BCUT2D eigenvalue weighted by Crippen LogP contribution is 2.19. The first-order valence-corrected chi connectivity index (χ1v) is 4.65. The molecular weight excluding hydrogens is 204 g/mol. The zero-order valence-electron chi connectivity index (χ0n) is 7.74. The molecule has 4 heteroatoms. The number of rotatable bonds is 4. The van der Waals surface area contributed by atoms with Crippen LogP contribution in [0.5, 0.6) is 5.75 Å². The minimum atomic E-state index is -1.37. The summed E-state index contributed by atoms with van der Waals surface area (Å²) in [5, 5.41) is 8.88. The molecule has 1 N–H and O–H groups in total. The SMILES string of the molecule is C[C@@](CCl)(Oc1ccccc1)C(=O)O. The predicted molar refractivity (Wildman–Crippen MR) is 53.8 cm³/mol. The van der Waals surface area contributed by atoms with Crippen LogP contribution in [0.4, 0.5) is 0 Å². The molecule has 0 aliphatic rings. The zero-order valence-corrected chi connectivity index (χ0v) is 8.49. The molecule has 0 aromatic heterocycles. The van der Waals surface area contributed by atoms with Gasteiger partial charge in [-0.1, -0.05) is 18.2 Å². The summed E-state index contributed by atoms with van der Waals surface area (Å²) in [4.78, 5) is 10.8. The summed E-state index contributed by atoms with van der Waals surface area (Å²) in [5.74, 6) is -0.675. The Morgan fingerprint density at radius 1 is 1.50 bits per heavy atom. The molecule has 1 atom stereocenters. The normalized spacial score (nSPS) is 14.4. The van der Waals surface area contributed by atoms with Crippen molar-refractivity contribution < 1.29 is 14.6 Å². The first-order valence-electron chi connectivity index (χ1n) is 4.12. The third-order valence-electron chi connectivity index (χ3n) is 1.79. The maximum absolute atomic E-state index is 10.8. The van der Waals surface area contributed by atoms with Crippen molar-refractivity contribution in [2.75, 3.05) is 5.88 Å². The highest BCUT2D eigenvalue weighted by atomic mass is 35.5. The Labute approximate surface area is 87.3 Å². The lowest BCUT2D eigenvalue weighted by molar-refractivity contribution is -0.151. The maximum atomic E-state index is 10.8. The van der Waals surface area contributed by atoms with Gasteiger partial charge in [0.1, 0.15) is 5.75 Å². The van der Waals surface area contributed by atoms with Gasteiger partial charge in [-0.25, -0.2) is 4.79 Å². The molecule has 0 amide bonds. The maximum Gasteiger partial charge on any atom is 0.349 e. The topological polar surface area (TPSA) is 46.5 Å². The molecule has 76 valence electrons. The first-order chi connectivity index (χ1) is 6.58. The number of hydrogen-bond donors (Lipinski definition) is 1. The van der Waals surface area contributed by atoms with Gasteiger partial charge < -0.3 is 9.84 Å². The van der Waals surface area contributed by atoms with E-state index in [1.807, 2.05) is 6.07 Å². The van der Waals surface area contributed by atoms with Crippen molar-refractivity contribution in [3.8, 4) is 5.75 Å². The second-order valence-corrected chi connectivity index (χ2v) is 3.35. The molecule has 1 rings (SSSR count). The van der Waals surface area contributed by atoms with Crippen LogP contribution in [0.2, 0.25) is 0 Å². The van der Waals surface area contributed by atoms with Crippen LogP contribution >= 0.6 is 11.6 Å². The molecule has 1 aromatic rings. The van der Waals surface area contributed by atoms with Crippen LogP contribution in [0.15, 0.2) is 30.3 Å². The molecule has 0 radical (unpaired) electrons. The van der Waals surface area contributed by atoms with Crippen molar-refractivity contribution >= 4 is 17.6 Å². The number of hydrogen-bond acceptors (Lipinski definition) is 2. The molecule has 14 heavy (non-hydrogen) atoms. The highest BCUT2D eigenvalue weighted by Gasteiger charge is 2.34. The first kappa shape index (κ1) is 10.9. The van der Waals surface area contributed by atoms with Crippen molar-refractivity contribution in [2.45, 2.75) is 12.5 Å². The Morgan fingerprint density at radius 2 is 2.07 bits per heavy atom. The minimum Gasteiger partial charge on any atom is -0.478 e. The number of alkyl halides is 1. The summed E-state index contributed by atoms with van der Waals surface area (Å²) in [6, 6.07) is 8.74. The average molecular weight is 215 g/mol. The van der Waals surface area contributed by atoms with Crippen LogP contribution in [0.1, 0.15) is 6.92 Å². The second kappa shape index (κ2) is 4.33. The van der Waals surface area contributed by atoms with E-state index in [1.54, 1.807) is 24.3 Å². The Kier molecular flexibility index (Phi) is 3.36. The van der Waals surface area contributed by atoms with E-state index in [9.17, 15) is 4.79 Å². The van der Waals surface area contributed by atoms with Crippen LogP contribution in [0, 0.1) is 0 Å². The molecule has 0 heterocycles. The monoisotopic (exact) mass is 214 g/mol. The van der Waals surface area contributed by atoms with Gasteiger partial charge in [-0.15, -0.1) is 11.6 Å². The summed E-state index contributed by atoms with van der Waals surface area (Å²) in [7, 11) is 0. The molecule has 1 aromatic carbocycles. The quantitative estimate of drug-likeness (QED) is 0.782. The van der Waals surface area contributed by atoms with Crippen molar-refractivity contribution in [1.82, 2.24) is 0 Å². The molecule has 0 saturated heterocycles. The third-order valence-corrected chi connectivity index (χ3v) is 2.30. The van der Waals surface area contributed by atoms with Crippen molar-refractivity contribution in [1.29, 1.82) is 0 Å². The van der Waals surface area contributed by atoms with E-state index in [4.69, 9.17) is 21.4 Å². The Morgan fingerprint density at radius 3 is 2.50 bits per heavy atom. The third kappa shape index (κ3) is 2.39. The van der Waals surface area contributed by atoms with Crippen molar-refractivity contribution in [3.63, 3.8) is 0 Å². The number of carboxylic acids is 1. The van der Waals surface area contributed by atoms with Crippen LogP contribution in [0.3, 0.4) is 0 Å². The van der Waals surface area contributed by atoms with E-state index in [2.05, 4.69) is 0 Å². The second-order valence-electron chi connectivity index (χ2n) is 3.08. The Bertz CT molecular complexity index is 312. The van der Waals surface area contributed by atoms with Gasteiger partial charge in [0, 0.05) is 0 Å². The number of aliphatic carboxylic acids is 1. The van der Waals surface area contributed by atoms with Crippen LogP contribution < -0.4 is 4.74 Å². The van der Waals surface area contributed by atoms with Gasteiger partial charge in [0.15, 0.2) is 0 Å². The van der Waals surface area contributed by atoms with E-state index in [0.29, 0.717) is 5.75 Å². The smallest absolute Gasteiger partial charge is 0.349 e. The number of halogens is 1. The van der Waals surface area contributed by atoms with Gasteiger partial charge in [-0.3, -0.25) is 0 Å². The Balaban J connectivity index is 2.81. The Hall–Kier alpha value is -1.22. The molecule has 0 spiro atoms. The van der Waals surface area contributed by atoms with Gasteiger partial charge in [-0.2, -0.15) is 0 Å². The summed E-state index contributed by atoms with van der Waals surface area (Å²) in [5.41, 5.74) is -1.37. The lowest BCUT2D eigenvalue weighted by Crippen LogP contribution is -2.43. The van der Waals surface area contributed by atoms with E-state index in [-0.39, 0.29) is 5.88 Å². The lowest BCUT2D eigenvalue weighted by Gasteiger charge is -2.23. The fourth-order valence-electron chi connectivity index (χ4n) is 0.877. The van der Waals surface area contributed by atoms with Crippen LogP contribution in [-0.2, 0) is 4.79 Å². The number of ether oxygens (including phenoxy) is 1. The fraction of sp³-hybridized carbons (Fsp3) is 0.300. The number of para-hydroxylation sites is 1. The molecule has 0 fully saturated rings. The largest absolute Gasteiger partial charge is 0.478 e. The van der Waals surface area contributed by atoms with Gasteiger partial charge in [-0.05, 0) is 19.1 Å².